The first-order chi connectivity index (χ1) is 6.75. The van der Waals surface area contributed by atoms with E-state index in [1.54, 1.807) is 6.07 Å². The molecular formula is C10H11BrN2O. The van der Waals surface area contributed by atoms with Crippen LogP contribution in [-0.4, -0.2) is 10.9 Å². The number of nitrogens with one attached hydrogen (secondary N) is 1. The lowest BCUT2D eigenvalue weighted by Crippen LogP contribution is -2.28. The van der Waals surface area contributed by atoms with Crippen molar-refractivity contribution in [2.24, 2.45) is 5.92 Å². The smallest absolute Gasteiger partial charge is 0.228 e. The van der Waals surface area contributed by atoms with Crippen LogP contribution in [0, 0.1) is 5.92 Å². The van der Waals surface area contributed by atoms with Crippen molar-refractivity contribution in [2.45, 2.75) is 19.3 Å². The van der Waals surface area contributed by atoms with Crippen molar-refractivity contribution >= 4 is 27.7 Å². The lowest BCUT2D eigenvalue weighted by Gasteiger charge is -2.23. The molecule has 1 aromatic rings. The molecule has 0 atom stereocenters. The van der Waals surface area contributed by atoms with E-state index in [2.05, 4.69) is 26.2 Å². The quantitative estimate of drug-likeness (QED) is 0.825. The SMILES string of the molecule is O=C(Nc1cccc(Br)n1)C1CCC1. The Balaban J connectivity index is 1.99. The number of amides is 1. The molecule has 0 aliphatic heterocycles. The first-order valence-corrected chi connectivity index (χ1v) is 5.48. The molecule has 0 unspecified atom stereocenters. The van der Waals surface area contributed by atoms with Gasteiger partial charge in [0.1, 0.15) is 10.4 Å². The summed E-state index contributed by atoms with van der Waals surface area (Å²) in [5.41, 5.74) is 0. The Morgan fingerprint density at radius 1 is 1.50 bits per heavy atom. The number of hydrogen-bond acceptors (Lipinski definition) is 2. The highest BCUT2D eigenvalue weighted by Gasteiger charge is 2.25. The molecule has 2 rings (SSSR count). The highest BCUT2D eigenvalue weighted by atomic mass is 79.9. The molecule has 1 heterocycles. The van der Waals surface area contributed by atoms with Crippen molar-refractivity contribution in [3.63, 3.8) is 0 Å². The molecule has 14 heavy (non-hydrogen) atoms. The fourth-order valence-corrected chi connectivity index (χ4v) is 1.72. The van der Waals surface area contributed by atoms with Gasteiger partial charge in [0.2, 0.25) is 5.91 Å². The van der Waals surface area contributed by atoms with Gasteiger partial charge < -0.3 is 5.32 Å². The Bertz CT molecular complexity index is 350. The minimum Gasteiger partial charge on any atom is -0.310 e. The van der Waals surface area contributed by atoms with E-state index < -0.39 is 0 Å². The molecule has 0 spiro atoms. The first-order valence-electron chi connectivity index (χ1n) is 4.69. The number of rotatable bonds is 2. The van der Waals surface area contributed by atoms with E-state index in [1.165, 1.54) is 6.42 Å². The number of carbonyl (C=O) groups is 1. The van der Waals surface area contributed by atoms with Gasteiger partial charge in [0, 0.05) is 5.92 Å². The van der Waals surface area contributed by atoms with E-state index in [9.17, 15) is 4.79 Å². The fraction of sp³-hybridized carbons (Fsp3) is 0.400. The van der Waals surface area contributed by atoms with Crippen LogP contribution in [0.3, 0.4) is 0 Å². The van der Waals surface area contributed by atoms with E-state index in [0.29, 0.717) is 5.82 Å². The molecule has 0 aromatic carbocycles. The van der Waals surface area contributed by atoms with Crippen LogP contribution in [0.15, 0.2) is 22.8 Å². The zero-order valence-corrected chi connectivity index (χ0v) is 9.25. The lowest BCUT2D eigenvalue weighted by atomic mass is 9.85. The summed E-state index contributed by atoms with van der Waals surface area (Å²) in [5, 5.41) is 2.80. The summed E-state index contributed by atoms with van der Waals surface area (Å²) in [4.78, 5) is 15.7. The molecule has 0 bridgehead atoms. The number of carbonyl (C=O) groups excluding carboxylic acids is 1. The second kappa shape index (κ2) is 4.09. The van der Waals surface area contributed by atoms with E-state index >= 15 is 0 Å². The minimum atomic E-state index is 0.0989. The second-order valence-electron chi connectivity index (χ2n) is 3.46. The molecule has 0 radical (unpaired) electrons. The number of hydrogen-bond donors (Lipinski definition) is 1. The highest BCUT2D eigenvalue weighted by Crippen LogP contribution is 2.27. The molecule has 74 valence electrons. The van der Waals surface area contributed by atoms with Gasteiger partial charge in [0.15, 0.2) is 0 Å². The van der Waals surface area contributed by atoms with Crippen LogP contribution >= 0.6 is 15.9 Å². The van der Waals surface area contributed by atoms with Crippen LogP contribution in [0.5, 0.6) is 0 Å². The zero-order chi connectivity index (χ0) is 9.97. The monoisotopic (exact) mass is 254 g/mol. The van der Waals surface area contributed by atoms with Crippen LogP contribution in [0.2, 0.25) is 0 Å². The van der Waals surface area contributed by atoms with Gasteiger partial charge in [-0.1, -0.05) is 12.5 Å². The van der Waals surface area contributed by atoms with Crippen molar-refractivity contribution in [3.8, 4) is 0 Å². The number of aromatic nitrogens is 1. The maximum absolute atomic E-state index is 11.5. The third kappa shape index (κ3) is 2.12. The molecule has 1 saturated carbocycles. The van der Waals surface area contributed by atoms with Crippen molar-refractivity contribution in [1.29, 1.82) is 0 Å². The summed E-state index contributed by atoms with van der Waals surface area (Å²) in [6.45, 7) is 0. The van der Waals surface area contributed by atoms with E-state index in [-0.39, 0.29) is 11.8 Å². The average molecular weight is 255 g/mol. The van der Waals surface area contributed by atoms with Gasteiger partial charge in [-0.3, -0.25) is 4.79 Å². The maximum Gasteiger partial charge on any atom is 0.228 e. The fourth-order valence-electron chi connectivity index (χ4n) is 1.38. The Kier molecular flexibility index (Phi) is 2.82. The minimum absolute atomic E-state index is 0.0989. The Morgan fingerprint density at radius 2 is 2.29 bits per heavy atom. The Morgan fingerprint density at radius 3 is 2.86 bits per heavy atom. The topological polar surface area (TPSA) is 42.0 Å². The molecule has 1 fully saturated rings. The van der Waals surface area contributed by atoms with Gasteiger partial charge in [0.05, 0.1) is 0 Å². The summed E-state index contributed by atoms with van der Waals surface area (Å²) in [5.74, 6) is 0.925. The lowest BCUT2D eigenvalue weighted by molar-refractivity contribution is -0.122. The largest absolute Gasteiger partial charge is 0.310 e. The molecule has 3 nitrogen and oxygen atoms in total. The van der Waals surface area contributed by atoms with Gasteiger partial charge in [0.25, 0.3) is 0 Å². The van der Waals surface area contributed by atoms with Gasteiger partial charge in [-0.15, -0.1) is 0 Å². The summed E-state index contributed by atoms with van der Waals surface area (Å²) in [6.07, 6.45) is 3.20. The summed E-state index contributed by atoms with van der Waals surface area (Å²) < 4.78 is 0.740. The predicted octanol–water partition coefficient (Wildman–Crippen LogP) is 2.58. The summed E-state index contributed by atoms with van der Waals surface area (Å²) in [7, 11) is 0. The van der Waals surface area contributed by atoms with Crippen molar-refractivity contribution < 1.29 is 4.79 Å². The Hall–Kier alpha value is -0.900. The molecule has 0 saturated heterocycles. The summed E-state index contributed by atoms with van der Waals surface area (Å²) >= 11 is 3.26. The van der Waals surface area contributed by atoms with Crippen molar-refractivity contribution in [2.75, 3.05) is 5.32 Å². The Labute approximate surface area is 91.0 Å². The van der Waals surface area contributed by atoms with Gasteiger partial charge in [-0.05, 0) is 40.9 Å². The first kappa shape index (κ1) is 9.65. The van der Waals surface area contributed by atoms with Gasteiger partial charge in [-0.2, -0.15) is 0 Å². The molecule has 1 aliphatic rings. The number of halogens is 1. The van der Waals surface area contributed by atoms with Crippen molar-refractivity contribution in [3.05, 3.63) is 22.8 Å². The number of anilines is 1. The van der Waals surface area contributed by atoms with E-state index in [0.717, 1.165) is 17.4 Å². The molecule has 1 aliphatic carbocycles. The molecule has 4 heteroatoms. The van der Waals surface area contributed by atoms with E-state index in [4.69, 9.17) is 0 Å². The van der Waals surface area contributed by atoms with Crippen molar-refractivity contribution in [1.82, 2.24) is 4.98 Å². The normalized spacial score (nSPS) is 16.1. The second-order valence-corrected chi connectivity index (χ2v) is 4.28. The predicted molar refractivity (Wildman–Crippen MR) is 57.9 cm³/mol. The molecule has 1 N–H and O–H groups in total. The van der Waals surface area contributed by atoms with E-state index in [1.807, 2.05) is 12.1 Å². The molecule has 1 amide bonds. The van der Waals surface area contributed by atoms with Crippen LogP contribution < -0.4 is 5.32 Å². The standard InChI is InChI=1S/C10H11BrN2O/c11-8-5-2-6-9(12-8)13-10(14)7-3-1-4-7/h2,5-7H,1,3-4H2,(H,12,13,14). The average Bonchev–Trinajstić information content (AvgIpc) is 1.99. The van der Waals surface area contributed by atoms with Crippen LogP contribution in [-0.2, 0) is 4.79 Å². The molecule has 1 aromatic heterocycles. The number of pyridine rings is 1. The zero-order valence-electron chi connectivity index (χ0n) is 7.66. The highest BCUT2D eigenvalue weighted by molar-refractivity contribution is 9.10. The number of nitrogens with zero attached hydrogens (tertiary/aromatic N) is 1. The maximum atomic E-state index is 11.5. The third-order valence-electron chi connectivity index (χ3n) is 2.44. The molecular weight excluding hydrogens is 244 g/mol. The third-order valence-corrected chi connectivity index (χ3v) is 2.88. The van der Waals surface area contributed by atoms with Gasteiger partial charge in [-0.25, -0.2) is 4.98 Å². The summed E-state index contributed by atoms with van der Waals surface area (Å²) in [6, 6.07) is 5.48. The van der Waals surface area contributed by atoms with Gasteiger partial charge >= 0.3 is 0 Å². The van der Waals surface area contributed by atoms with Crippen LogP contribution in [0.4, 0.5) is 5.82 Å². The van der Waals surface area contributed by atoms with Crippen LogP contribution in [0.1, 0.15) is 19.3 Å². The van der Waals surface area contributed by atoms with Crippen LogP contribution in [0.25, 0.3) is 0 Å².